The number of rotatable bonds is 4. The van der Waals surface area contributed by atoms with Crippen molar-refractivity contribution in [3.05, 3.63) is 29.8 Å². The number of hydrogen-bond acceptors (Lipinski definition) is 4. The number of ether oxygens (including phenoxy) is 1. The summed E-state index contributed by atoms with van der Waals surface area (Å²) < 4.78 is 31.9. The molecule has 1 aliphatic heterocycles. The average molecular weight is 327 g/mol. The van der Waals surface area contributed by atoms with E-state index in [1.54, 1.807) is 29.2 Å². The Kier molecular flexibility index (Phi) is 5.05. The number of carbonyl (C=O) groups is 1. The van der Waals surface area contributed by atoms with Crippen LogP contribution in [-0.2, 0) is 10.2 Å². The fourth-order valence-corrected chi connectivity index (χ4v) is 3.43. The number of carbonyl (C=O) groups excluding carboxylic acids is 1. The number of piperazine rings is 1. The molecule has 1 saturated heterocycles. The SMILES string of the molecule is COc1ccccc1C(=O)N1CCN(S(=O)(=O)N(C)C)CC1. The normalized spacial score (nSPS) is 16.8. The Morgan fingerprint density at radius 2 is 1.73 bits per heavy atom. The topological polar surface area (TPSA) is 70.2 Å². The minimum Gasteiger partial charge on any atom is -0.496 e. The molecule has 0 atom stereocenters. The van der Waals surface area contributed by atoms with Crippen LogP contribution < -0.4 is 4.74 Å². The Morgan fingerprint density at radius 3 is 2.27 bits per heavy atom. The van der Waals surface area contributed by atoms with Crippen molar-refractivity contribution < 1.29 is 17.9 Å². The maximum absolute atomic E-state index is 12.5. The monoisotopic (exact) mass is 327 g/mol. The highest BCUT2D eigenvalue weighted by molar-refractivity contribution is 7.86. The number of methoxy groups -OCH3 is 1. The minimum absolute atomic E-state index is 0.139. The molecule has 2 rings (SSSR count). The van der Waals surface area contributed by atoms with Gasteiger partial charge < -0.3 is 9.64 Å². The first-order valence-corrected chi connectivity index (χ1v) is 8.37. The number of benzene rings is 1. The molecule has 0 N–H and O–H groups in total. The number of hydrogen-bond donors (Lipinski definition) is 0. The van der Waals surface area contributed by atoms with Crippen molar-refractivity contribution in [2.24, 2.45) is 0 Å². The first kappa shape index (κ1) is 16.7. The third-order valence-corrected chi connectivity index (χ3v) is 5.59. The molecule has 22 heavy (non-hydrogen) atoms. The third-order valence-electron chi connectivity index (χ3n) is 3.65. The van der Waals surface area contributed by atoms with Crippen molar-refractivity contribution >= 4 is 16.1 Å². The molecule has 0 aromatic heterocycles. The molecule has 8 heteroatoms. The van der Waals surface area contributed by atoms with Crippen LogP contribution in [-0.4, -0.2) is 75.2 Å². The predicted molar refractivity (Wildman–Crippen MR) is 83.1 cm³/mol. The van der Waals surface area contributed by atoms with Gasteiger partial charge in [-0.3, -0.25) is 4.79 Å². The quantitative estimate of drug-likeness (QED) is 0.795. The molecule has 0 unspecified atom stereocenters. The predicted octanol–water partition coefficient (Wildman–Crippen LogP) is 0.259. The van der Waals surface area contributed by atoms with E-state index in [-0.39, 0.29) is 5.91 Å². The molecule has 1 heterocycles. The van der Waals surface area contributed by atoms with Crippen LogP contribution in [0.2, 0.25) is 0 Å². The molecule has 1 amide bonds. The van der Waals surface area contributed by atoms with Crippen LogP contribution in [0.15, 0.2) is 24.3 Å². The van der Waals surface area contributed by atoms with Gasteiger partial charge in [-0.15, -0.1) is 0 Å². The largest absolute Gasteiger partial charge is 0.496 e. The highest BCUT2D eigenvalue weighted by atomic mass is 32.2. The van der Waals surface area contributed by atoms with Gasteiger partial charge in [0, 0.05) is 40.3 Å². The van der Waals surface area contributed by atoms with Crippen LogP contribution in [0.1, 0.15) is 10.4 Å². The number of para-hydroxylation sites is 1. The molecular weight excluding hydrogens is 306 g/mol. The van der Waals surface area contributed by atoms with Gasteiger partial charge in [0.15, 0.2) is 0 Å². The smallest absolute Gasteiger partial charge is 0.281 e. The van der Waals surface area contributed by atoms with Gasteiger partial charge in [0.1, 0.15) is 5.75 Å². The van der Waals surface area contributed by atoms with Crippen LogP contribution in [0.25, 0.3) is 0 Å². The second-order valence-corrected chi connectivity index (χ2v) is 7.32. The van der Waals surface area contributed by atoms with E-state index >= 15 is 0 Å². The molecule has 0 spiro atoms. The van der Waals surface area contributed by atoms with Crippen molar-refractivity contribution in [1.82, 2.24) is 13.5 Å². The lowest BCUT2D eigenvalue weighted by molar-refractivity contribution is 0.0692. The van der Waals surface area contributed by atoms with Gasteiger partial charge in [0.2, 0.25) is 0 Å². The Bertz CT molecular complexity index is 637. The van der Waals surface area contributed by atoms with Gasteiger partial charge in [-0.25, -0.2) is 0 Å². The van der Waals surface area contributed by atoms with Gasteiger partial charge in [-0.2, -0.15) is 17.0 Å². The summed E-state index contributed by atoms with van der Waals surface area (Å²) in [6.07, 6.45) is 0. The maximum atomic E-state index is 12.5. The van der Waals surface area contributed by atoms with Crippen molar-refractivity contribution in [3.63, 3.8) is 0 Å². The number of nitrogens with zero attached hydrogens (tertiary/aromatic N) is 3. The second-order valence-electron chi connectivity index (χ2n) is 5.18. The fraction of sp³-hybridized carbons (Fsp3) is 0.500. The molecule has 1 fully saturated rings. The van der Waals surface area contributed by atoms with E-state index in [0.29, 0.717) is 37.5 Å². The number of amides is 1. The molecule has 1 aliphatic rings. The molecule has 7 nitrogen and oxygen atoms in total. The lowest BCUT2D eigenvalue weighted by atomic mass is 10.1. The Balaban J connectivity index is 2.07. The van der Waals surface area contributed by atoms with Crippen molar-refractivity contribution in [1.29, 1.82) is 0 Å². The van der Waals surface area contributed by atoms with E-state index in [1.165, 1.54) is 29.8 Å². The summed E-state index contributed by atoms with van der Waals surface area (Å²) in [5.74, 6) is 0.384. The zero-order valence-corrected chi connectivity index (χ0v) is 13.8. The zero-order valence-electron chi connectivity index (χ0n) is 13.0. The van der Waals surface area contributed by atoms with E-state index in [4.69, 9.17) is 4.74 Å². The van der Waals surface area contributed by atoms with E-state index in [2.05, 4.69) is 0 Å². The molecule has 122 valence electrons. The molecule has 0 aliphatic carbocycles. The summed E-state index contributed by atoms with van der Waals surface area (Å²) in [7, 11) is 1.10. The van der Waals surface area contributed by atoms with Gasteiger partial charge in [-0.05, 0) is 12.1 Å². The highest BCUT2D eigenvalue weighted by Gasteiger charge is 2.31. The van der Waals surface area contributed by atoms with Gasteiger partial charge in [0.05, 0.1) is 12.7 Å². The second kappa shape index (κ2) is 6.64. The van der Waals surface area contributed by atoms with E-state index in [9.17, 15) is 13.2 Å². The van der Waals surface area contributed by atoms with Crippen molar-refractivity contribution in [2.45, 2.75) is 0 Å². The highest BCUT2D eigenvalue weighted by Crippen LogP contribution is 2.20. The summed E-state index contributed by atoms with van der Waals surface area (Å²) >= 11 is 0. The van der Waals surface area contributed by atoms with Crippen LogP contribution in [0.3, 0.4) is 0 Å². The molecule has 0 saturated carbocycles. The zero-order chi connectivity index (χ0) is 16.3. The minimum atomic E-state index is -3.42. The molecule has 0 bridgehead atoms. The van der Waals surface area contributed by atoms with E-state index in [1.807, 2.05) is 0 Å². The summed E-state index contributed by atoms with van der Waals surface area (Å²) in [5.41, 5.74) is 0.494. The fourth-order valence-electron chi connectivity index (χ4n) is 2.34. The van der Waals surface area contributed by atoms with E-state index < -0.39 is 10.2 Å². The standard InChI is InChI=1S/C14H21N3O4S/c1-15(2)22(19,20)17-10-8-16(9-11-17)14(18)12-6-4-5-7-13(12)21-3/h4-7H,8-11H2,1-3H3. The average Bonchev–Trinajstić information content (AvgIpc) is 2.54. The third kappa shape index (κ3) is 3.23. The van der Waals surface area contributed by atoms with Crippen molar-refractivity contribution in [3.8, 4) is 5.75 Å². The lowest BCUT2D eigenvalue weighted by Gasteiger charge is -2.35. The lowest BCUT2D eigenvalue weighted by Crippen LogP contribution is -2.53. The van der Waals surface area contributed by atoms with Crippen LogP contribution in [0.4, 0.5) is 0 Å². The van der Waals surface area contributed by atoms with E-state index in [0.717, 1.165) is 0 Å². The summed E-state index contributed by atoms with van der Waals surface area (Å²) in [5, 5.41) is 0. The molecule has 1 aromatic rings. The van der Waals surface area contributed by atoms with Crippen LogP contribution in [0.5, 0.6) is 5.75 Å². The van der Waals surface area contributed by atoms with Gasteiger partial charge in [-0.1, -0.05) is 12.1 Å². The van der Waals surface area contributed by atoms with Crippen LogP contribution in [0, 0.1) is 0 Å². The van der Waals surface area contributed by atoms with Crippen molar-refractivity contribution in [2.75, 3.05) is 47.4 Å². The Labute approximate surface area is 131 Å². The maximum Gasteiger partial charge on any atom is 0.281 e. The van der Waals surface area contributed by atoms with Crippen LogP contribution >= 0.6 is 0 Å². The Morgan fingerprint density at radius 1 is 1.14 bits per heavy atom. The molecule has 0 radical (unpaired) electrons. The summed E-state index contributed by atoms with van der Waals surface area (Å²) in [6, 6.07) is 7.03. The molecule has 1 aromatic carbocycles. The Hall–Kier alpha value is -1.64. The molecular formula is C14H21N3O4S. The first-order valence-electron chi connectivity index (χ1n) is 6.98. The summed E-state index contributed by atoms with van der Waals surface area (Å²) in [6.45, 7) is 1.32. The van der Waals surface area contributed by atoms with Gasteiger partial charge in [0.25, 0.3) is 16.1 Å². The first-order chi connectivity index (χ1) is 10.4. The van der Waals surface area contributed by atoms with Gasteiger partial charge >= 0.3 is 0 Å². The summed E-state index contributed by atoms with van der Waals surface area (Å²) in [4.78, 5) is 14.2.